The molecule has 88 valence electrons. The molecule has 0 unspecified atom stereocenters. The molecule has 0 aliphatic carbocycles. The molecule has 0 amide bonds. The van der Waals surface area contributed by atoms with E-state index in [2.05, 4.69) is 0 Å². The predicted molar refractivity (Wildman–Crippen MR) is 63.2 cm³/mol. The highest BCUT2D eigenvalue weighted by Gasteiger charge is 2.18. The standard InChI is InChI=1S/C12H9FO3S/c1-16-9-4-2-3-7(10(9)13)8-5-6-17-11(8)12(14)15/h2-6H,1H3,(H,14,15). The zero-order valence-electron chi connectivity index (χ0n) is 8.94. The Hall–Kier alpha value is -1.88. The Morgan fingerprint density at radius 1 is 1.35 bits per heavy atom. The summed E-state index contributed by atoms with van der Waals surface area (Å²) in [6, 6.07) is 6.24. The van der Waals surface area contributed by atoms with Gasteiger partial charge in [-0.15, -0.1) is 11.3 Å². The Morgan fingerprint density at radius 3 is 2.76 bits per heavy atom. The summed E-state index contributed by atoms with van der Waals surface area (Å²) in [7, 11) is 1.37. The van der Waals surface area contributed by atoms with Crippen LogP contribution in [0.25, 0.3) is 11.1 Å². The minimum absolute atomic E-state index is 0.102. The van der Waals surface area contributed by atoms with Gasteiger partial charge in [-0.05, 0) is 17.5 Å². The monoisotopic (exact) mass is 252 g/mol. The van der Waals surface area contributed by atoms with E-state index in [1.807, 2.05) is 0 Å². The maximum absolute atomic E-state index is 14.0. The fourth-order valence-electron chi connectivity index (χ4n) is 1.56. The van der Waals surface area contributed by atoms with Gasteiger partial charge in [-0.2, -0.15) is 0 Å². The summed E-state index contributed by atoms with van der Waals surface area (Å²) in [6.07, 6.45) is 0. The van der Waals surface area contributed by atoms with Crippen molar-refractivity contribution in [2.24, 2.45) is 0 Å². The van der Waals surface area contributed by atoms with E-state index in [4.69, 9.17) is 9.84 Å². The van der Waals surface area contributed by atoms with Gasteiger partial charge in [0.1, 0.15) is 4.88 Å². The molecule has 0 bridgehead atoms. The molecule has 0 radical (unpaired) electrons. The normalized spacial score (nSPS) is 10.2. The Morgan fingerprint density at radius 2 is 2.12 bits per heavy atom. The minimum atomic E-state index is -1.06. The van der Waals surface area contributed by atoms with Gasteiger partial charge in [0.05, 0.1) is 7.11 Å². The molecule has 0 aliphatic heterocycles. The Balaban J connectivity index is 2.61. The van der Waals surface area contributed by atoms with E-state index in [0.717, 1.165) is 11.3 Å². The van der Waals surface area contributed by atoms with Gasteiger partial charge in [-0.1, -0.05) is 12.1 Å². The second-order valence-corrected chi connectivity index (χ2v) is 4.21. The average molecular weight is 252 g/mol. The second kappa shape index (κ2) is 4.55. The lowest BCUT2D eigenvalue weighted by Gasteiger charge is -2.06. The Kier molecular flexibility index (Phi) is 3.10. The van der Waals surface area contributed by atoms with Crippen LogP contribution in [0.3, 0.4) is 0 Å². The number of methoxy groups -OCH3 is 1. The lowest BCUT2D eigenvalue weighted by atomic mass is 10.1. The third-order valence-electron chi connectivity index (χ3n) is 2.33. The number of aromatic carboxylic acids is 1. The molecular formula is C12H9FO3S. The summed E-state index contributed by atoms with van der Waals surface area (Å²) in [5, 5.41) is 10.6. The average Bonchev–Trinajstić information content (AvgIpc) is 2.78. The molecule has 0 spiro atoms. The highest BCUT2D eigenvalue weighted by molar-refractivity contribution is 7.12. The highest BCUT2D eigenvalue weighted by atomic mass is 32.1. The maximum atomic E-state index is 14.0. The van der Waals surface area contributed by atoms with E-state index in [1.165, 1.54) is 19.2 Å². The Labute approximate surface area is 101 Å². The van der Waals surface area contributed by atoms with Crippen LogP contribution in [0, 0.1) is 5.82 Å². The number of ether oxygens (including phenoxy) is 1. The molecule has 2 aromatic rings. The predicted octanol–water partition coefficient (Wildman–Crippen LogP) is 3.26. The number of carboxylic acid groups (broad SMARTS) is 1. The van der Waals surface area contributed by atoms with E-state index in [9.17, 15) is 9.18 Å². The van der Waals surface area contributed by atoms with Crippen LogP contribution < -0.4 is 4.74 Å². The number of hydrogen-bond acceptors (Lipinski definition) is 3. The molecule has 1 aromatic heterocycles. The third kappa shape index (κ3) is 2.01. The zero-order valence-corrected chi connectivity index (χ0v) is 9.75. The van der Waals surface area contributed by atoms with Crippen LogP contribution >= 0.6 is 11.3 Å². The summed E-state index contributed by atoms with van der Waals surface area (Å²) < 4.78 is 18.8. The molecular weight excluding hydrogens is 243 g/mol. The first-order valence-corrected chi connectivity index (χ1v) is 5.66. The summed E-state index contributed by atoms with van der Waals surface area (Å²) in [4.78, 5) is 11.1. The van der Waals surface area contributed by atoms with Gasteiger partial charge >= 0.3 is 5.97 Å². The summed E-state index contributed by atoms with van der Waals surface area (Å²) >= 11 is 1.07. The van der Waals surface area contributed by atoms with E-state index in [0.29, 0.717) is 5.56 Å². The van der Waals surface area contributed by atoms with Gasteiger partial charge < -0.3 is 9.84 Å². The van der Waals surface area contributed by atoms with Crippen LogP contribution in [-0.4, -0.2) is 18.2 Å². The Bertz CT molecular complexity index is 563. The lowest BCUT2D eigenvalue weighted by Crippen LogP contribution is -1.97. The maximum Gasteiger partial charge on any atom is 0.346 e. The SMILES string of the molecule is COc1cccc(-c2ccsc2C(=O)O)c1F. The number of rotatable bonds is 3. The van der Waals surface area contributed by atoms with Crippen molar-refractivity contribution in [1.82, 2.24) is 0 Å². The molecule has 5 heteroatoms. The van der Waals surface area contributed by atoms with Gasteiger partial charge in [0, 0.05) is 11.1 Å². The molecule has 0 aliphatic rings. The van der Waals surface area contributed by atoms with Gasteiger partial charge in [-0.25, -0.2) is 9.18 Å². The van der Waals surface area contributed by atoms with Gasteiger partial charge in [0.15, 0.2) is 11.6 Å². The molecule has 0 atom stereocenters. The van der Waals surface area contributed by atoms with Crippen molar-refractivity contribution < 1.29 is 19.0 Å². The van der Waals surface area contributed by atoms with Crippen molar-refractivity contribution in [1.29, 1.82) is 0 Å². The number of carboxylic acids is 1. The van der Waals surface area contributed by atoms with Crippen molar-refractivity contribution >= 4 is 17.3 Å². The molecule has 0 saturated heterocycles. The highest BCUT2D eigenvalue weighted by Crippen LogP contribution is 2.33. The van der Waals surface area contributed by atoms with Crippen molar-refractivity contribution in [3.05, 3.63) is 40.3 Å². The van der Waals surface area contributed by atoms with Crippen LogP contribution in [-0.2, 0) is 0 Å². The van der Waals surface area contributed by atoms with Crippen molar-refractivity contribution in [2.75, 3.05) is 7.11 Å². The molecule has 17 heavy (non-hydrogen) atoms. The van der Waals surface area contributed by atoms with Crippen LogP contribution in [0.1, 0.15) is 9.67 Å². The van der Waals surface area contributed by atoms with E-state index < -0.39 is 11.8 Å². The van der Waals surface area contributed by atoms with Crippen molar-refractivity contribution in [3.63, 3.8) is 0 Å². The van der Waals surface area contributed by atoms with Crippen molar-refractivity contribution in [2.45, 2.75) is 0 Å². The number of halogens is 1. The van der Waals surface area contributed by atoms with E-state index in [1.54, 1.807) is 17.5 Å². The summed E-state index contributed by atoms with van der Waals surface area (Å²) in [5.74, 6) is -1.50. The first kappa shape index (κ1) is 11.6. The fraction of sp³-hybridized carbons (Fsp3) is 0.0833. The molecule has 3 nitrogen and oxygen atoms in total. The molecule has 0 fully saturated rings. The van der Waals surface area contributed by atoms with Crippen LogP contribution in [0.2, 0.25) is 0 Å². The van der Waals surface area contributed by atoms with Crippen LogP contribution in [0.4, 0.5) is 4.39 Å². The largest absolute Gasteiger partial charge is 0.494 e. The third-order valence-corrected chi connectivity index (χ3v) is 3.24. The van der Waals surface area contributed by atoms with E-state index in [-0.39, 0.29) is 16.2 Å². The summed E-state index contributed by atoms with van der Waals surface area (Å²) in [5.41, 5.74) is 0.613. The number of benzene rings is 1. The van der Waals surface area contributed by atoms with Gasteiger partial charge in [0.2, 0.25) is 0 Å². The molecule has 0 saturated carbocycles. The number of hydrogen-bond donors (Lipinski definition) is 1. The topological polar surface area (TPSA) is 46.5 Å². The van der Waals surface area contributed by atoms with Gasteiger partial charge in [-0.3, -0.25) is 0 Å². The number of thiophene rings is 1. The molecule has 1 N–H and O–H groups in total. The van der Waals surface area contributed by atoms with Gasteiger partial charge in [0.25, 0.3) is 0 Å². The first-order chi connectivity index (χ1) is 8.15. The fourth-order valence-corrected chi connectivity index (χ4v) is 2.31. The quantitative estimate of drug-likeness (QED) is 0.912. The van der Waals surface area contributed by atoms with E-state index >= 15 is 0 Å². The van der Waals surface area contributed by atoms with Crippen LogP contribution in [0.5, 0.6) is 5.75 Å². The molecule has 1 heterocycles. The summed E-state index contributed by atoms with van der Waals surface area (Å²) in [6.45, 7) is 0. The lowest BCUT2D eigenvalue weighted by molar-refractivity contribution is 0.0703. The smallest absolute Gasteiger partial charge is 0.346 e. The molecule has 2 rings (SSSR count). The second-order valence-electron chi connectivity index (χ2n) is 3.29. The zero-order chi connectivity index (χ0) is 12.4. The molecule has 1 aromatic carbocycles. The minimum Gasteiger partial charge on any atom is -0.494 e. The number of carbonyl (C=O) groups is 1. The van der Waals surface area contributed by atoms with Crippen LogP contribution in [0.15, 0.2) is 29.6 Å². The first-order valence-electron chi connectivity index (χ1n) is 4.78. The van der Waals surface area contributed by atoms with Crippen molar-refractivity contribution in [3.8, 4) is 16.9 Å².